The van der Waals surface area contributed by atoms with Crippen molar-refractivity contribution in [2.24, 2.45) is 0 Å². The maximum absolute atomic E-state index is 12.6. The average Bonchev–Trinajstić information content (AvgIpc) is 2.41. The van der Waals surface area contributed by atoms with Gasteiger partial charge in [-0.2, -0.15) is 0 Å². The molecule has 0 unspecified atom stereocenters. The van der Waals surface area contributed by atoms with Crippen molar-refractivity contribution in [3.63, 3.8) is 0 Å². The lowest BCUT2D eigenvalue weighted by atomic mass is 9.97. The number of nitro benzene ring substituents is 1. The van der Waals surface area contributed by atoms with Crippen LogP contribution in [0.3, 0.4) is 0 Å². The maximum Gasteiger partial charge on any atom is 0.284 e. The molecule has 0 saturated carbocycles. The Morgan fingerprint density at radius 1 is 1.48 bits per heavy atom. The molecule has 0 bridgehead atoms. The molecule has 2 amide bonds. The van der Waals surface area contributed by atoms with Crippen molar-refractivity contribution in [1.82, 2.24) is 10.2 Å². The van der Waals surface area contributed by atoms with E-state index in [9.17, 15) is 19.7 Å². The van der Waals surface area contributed by atoms with Crippen LogP contribution in [0.4, 0.5) is 5.69 Å². The number of carbonyl (C=O) groups is 2. The van der Waals surface area contributed by atoms with Crippen LogP contribution < -0.4 is 5.32 Å². The average molecular weight is 356 g/mol. The van der Waals surface area contributed by atoms with Gasteiger partial charge >= 0.3 is 0 Å². The zero-order valence-electron chi connectivity index (χ0n) is 11.6. The Bertz CT molecular complexity index is 630. The molecule has 1 heterocycles. The second kappa shape index (κ2) is 5.44. The number of nitrogens with one attached hydrogen (secondary N) is 1. The number of carbonyl (C=O) groups excluding carboxylic acids is 2. The molecule has 1 fully saturated rings. The number of halogens is 1. The number of amides is 2. The predicted octanol–water partition coefficient (Wildman–Crippen LogP) is 1.71. The van der Waals surface area contributed by atoms with Gasteiger partial charge in [-0.25, -0.2) is 0 Å². The Morgan fingerprint density at radius 3 is 2.76 bits per heavy atom. The fourth-order valence-electron chi connectivity index (χ4n) is 2.23. The smallest absolute Gasteiger partial charge is 0.284 e. The second-order valence-electron chi connectivity index (χ2n) is 5.17. The van der Waals surface area contributed by atoms with E-state index in [0.717, 1.165) is 0 Å². The quantitative estimate of drug-likeness (QED) is 0.645. The SMILES string of the molecule is CC1(C)C(=O)NCCN1C(=O)c1cccc([N+](=O)[O-])c1Br. The van der Waals surface area contributed by atoms with Gasteiger partial charge in [0.05, 0.1) is 10.5 Å². The van der Waals surface area contributed by atoms with Crippen molar-refractivity contribution >= 4 is 33.4 Å². The molecule has 1 aromatic rings. The van der Waals surface area contributed by atoms with Crippen LogP contribution in [0.5, 0.6) is 0 Å². The molecule has 7 nitrogen and oxygen atoms in total. The minimum absolute atomic E-state index is 0.127. The Balaban J connectivity index is 2.43. The first-order valence-corrected chi connectivity index (χ1v) is 7.09. The van der Waals surface area contributed by atoms with E-state index in [4.69, 9.17) is 0 Å². The van der Waals surface area contributed by atoms with Crippen LogP contribution >= 0.6 is 15.9 Å². The Kier molecular flexibility index (Phi) is 3.99. The third-order valence-electron chi connectivity index (χ3n) is 3.50. The molecular weight excluding hydrogens is 342 g/mol. The summed E-state index contributed by atoms with van der Waals surface area (Å²) in [5, 5.41) is 13.6. The van der Waals surface area contributed by atoms with Crippen LogP contribution in [-0.2, 0) is 4.79 Å². The highest BCUT2D eigenvalue weighted by Crippen LogP contribution is 2.31. The lowest BCUT2D eigenvalue weighted by molar-refractivity contribution is -0.385. The van der Waals surface area contributed by atoms with Crippen LogP contribution in [-0.4, -0.2) is 40.3 Å². The molecule has 8 heteroatoms. The van der Waals surface area contributed by atoms with Crippen molar-refractivity contribution in [3.8, 4) is 0 Å². The molecule has 1 saturated heterocycles. The number of hydrogen-bond donors (Lipinski definition) is 1. The molecule has 0 radical (unpaired) electrons. The summed E-state index contributed by atoms with van der Waals surface area (Å²) in [5.74, 6) is -0.658. The normalized spacial score (nSPS) is 17.3. The van der Waals surface area contributed by atoms with Crippen molar-refractivity contribution < 1.29 is 14.5 Å². The fourth-order valence-corrected chi connectivity index (χ4v) is 2.81. The highest BCUT2D eigenvalue weighted by molar-refractivity contribution is 9.10. The van der Waals surface area contributed by atoms with Crippen LogP contribution in [0.25, 0.3) is 0 Å². The van der Waals surface area contributed by atoms with E-state index >= 15 is 0 Å². The molecule has 1 aliphatic heterocycles. The highest BCUT2D eigenvalue weighted by atomic mass is 79.9. The lowest BCUT2D eigenvalue weighted by Gasteiger charge is -2.41. The van der Waals surface area contributed by atoms with Gasteiger partial charge in [-0.1, -0.05) is 6.07 Å². The topological polar surface area (TPSA) is 92.6 Å². The first kappa shape index (κ1) is 15.4. The third-order valence-corrected chi connectivity index (χ3v) is 4.34. The molecule has 0 aliphatic carbocycles. The summed E-state index contributed by atoms with van der Waals surface area (Å²) in [4.78, 5) is 36.4. The van der Waals surface area contributed by atoms with E-state index in [0.29, 0.717) is 13.1 Å². The third kappa shape index (κ3) is 2.63. The minimum Gasteiger partial charge on any atom is -0.352 e. The van der Waals surface area contributed by atoms with Gasteiger partial charge < -0.3 is 10.2 Å². The number of piperazine rings is 1. The molecule has 112 valence electrons. The molecular formula is C13H14BrN3O4. The number of nitro groups is 1. The molecule has 0 atom stereocenters. The fraction of sp³-hybridized carbons (Fsp3) is 0.385. The second-order valence-corrected chi connectivity index (χ2v) is 5.96. The standard InChI is InChI=1S/C13H14BrN3O4/c1-13(2)12(19)15-6-7-16(13)11(18)8-4-3-5-9(10(8)14)17(20)21/h3-5H,6-7H2,1-2H3,(H,15,19). The van der Waals surface area contributed by atoms with E-state index < -0.39 is 16.4 Å². The van der Waals surface area contributed by atoms with E-state index in [-0.39, 0.29) is 21.6 Å². The Labute approximate surface area is 129 Å². The number of rotatable bonds is 2. The van der Waals surface area contributed by atoms with Gasteiger partial charge in [-0.15, -0.1) is 0 Å². The van der Waals surface area contributed by atoms with Crippen LogP contribution in [0, 0.1) is 10.1 Å². The van der Waals surface area contributed by atoms with Crippen molar-refractivity contribution in [2.45, 2.75) is 19.4 Å². The molecule has 0 aromatic heterocycles. The van der Waals surface area contributed by atoms with Gasteiger partial charge in [0, 0.05) is 19.2 Å². The summed E-state index contributed by atoms with van der Waals surface area (Å²) in [7, 11) is 0. The van der Waals surface area contributed by atoms with Crippen molar-refractivity contribution in [1.29, 1.82) is 0 Å². The van der Waals surface area contributed by atoms with Crippen LogP contribution in [0.1, 0.15) is 24.2 Å². The largest absolute Gasteiger partial charge is 0.352 e. The van der Waals surface area contributed by atoms with Gasteiger partial charge in [0.1, 0.15) is 10.0 Å². The van der Waals surface area contributed by atoms with E-state index in [1.165, 1.54) is 23.1 Å². The number of benzene rings is 1. The van der Waals surface area contributed by atoms with Crippen LogP contribution in [0.2, 0.25) is 0 Å². The molecule has 21 heavy (non-hydrogen) atoms. The van der Waals surface area contributed by atoms with E-state index in [2.05, 4.69) is 21.2 Å². The van der Waals surface area contributed by atoms with Gasteiger partial charge in [0.2, 0.25) is 5.91 Å². The monoisotopic (exact) mass is 355 g/mol. The summed E-state index contributed by atoms with van der Waals surface area (Å²) < 4.78 is 0.127. The summed E-state index contributed by atoms with van der Waals surface area (Å²) in [6.45, 7) is 4.00. The van der Waals surface area contributed by atoms with Gasteiger partial charge in [-0.3, -0.25) is 19.7 Å². The first-order chi connectivity index (χ1) is 9.76. The number of nitrogens with zero attached hydrogens (tertiary/aromatic N) is 2. The van der Waals surface area contributed by atoms with E-state index in [1.807, 2.05) is 0 Å². The van der Waals surface area contributed by atoms with E-state index in [1.54, 1.807) is 13.8 Å². The van der Waals surface area contributed by atoms with Crippen LogP contribution in [0.15, 0.2) is 22.7 Å². The summed E-state index contributed by atoms with van der Waals surface area (Å²) in [6.07, 6.45) is 0. The summed E-state index contributed by atoms with van der Waals surface area (Å²) in [5.41, 5.74) is -1.01. The summed E-state index contributed by atoms with van der Waals surface area (Å²) >= 11 is 3.11. The minimum atomic E-state index is -1.00. The zero-order valence-corrected chi connectivity index (χ0v) is 13.1. The number of hydrogen-bond acceptors (Lipinski definition) is 4. The Hall–Kier alpha value is -1.96. The molecule has 1 aromatic carbocycles. The van der Waals surface area contributed by atoms with Gasteiger partial charge in [0.25, 0.3) is 11.6 Å². The Morgan fingerprint density at radius 2 is 2.14 bits per heavy atom. The lowest BCUT2D eigenvalue weighted by Crippen LogP contribution is -2.63. The molecule has 1 N–H and O–H groups in total. The van der Waals surface area contributed by atoms with Gasteiger partial charge in [0.15, 0.2) is 0 Å². The molecule has 0 spiro atoms. The molecule has 2 rings (SSSR count). The van der Waals surface area contributed by atoms with Gasteiger partial charge in [-0.05, 0) is 35.8 Å². The first-order valence-electron chi connectivity index (χ1n) is 6.30. The zero-order chi connectivity index (χ0) is 15.8. The predicted molar refractivity (Wildman–Crippen MR) is 78.9 cm³/mol. The molecule has 1 aliphatic rings. The maximum atomic E-state index is 12.6. The summed E-state index contributed by atoms with van der Waals surface area (Å²) in [6, 6.07) is 4.27. The highest BCUT2D eigenvalue weighted by Gasteiger charge is 2.41. The van der Waals surface area contributed by atoms with Crippen molar-refractivity contribution in [2.75, 3.05) is 13.1 Å². The van der Waals surface area contributed by atoms with Crippen molar-refractivity contribution in [3.05, 3.63) is 38.3 Å².